The van der Waals surface area contributed by atoms with Gasteiger partial charge in [-0.2, -0.15) is 0 Å². The first kappa shape index (κ1) is 13.5. The second-order valence-corrected chi connectivity index (χ2v) is 5.05. The van der Waals surface area contributed by atoms with Gasteiger partial charge in [0.15, 0.2) is 0 Å². The minimum absolute atomic E-state index is 0.541. The van der Waals surface area contributed by atoms with Crippen LogP contribution in [0.3, 0.4) is 0 Å². The van der Waals surface area contributed by atoms with Crippen LogP contribution in [-0.4, -0.2) is 33.5 Å². The first-order chi connectivity index (χ1) is 7.67. The normalized spacial score (nSPS) is 15.0. The van der Waals surface area contributed by atoms with E-state index in [9.17, 15) is 0 Å². The Balaban J connectivity index is 2.43. The number of aryl methyl sites for hydroxylation is 1. The van der Waals surface area contributed by atoms with Crippen molar-refractivity contribution in [3.8, 4) is 0 Å². The van der Waals surface area contributed by atoms with Crippen LogP contribution in [-0.2, 0) is 0 Å². The molecule has 0 aromatic carbocycles. The summed E-state index contributed by atoms with van der Waals surface area (Å²) in [5.41, 5.74) is 0. The SMILES string of the molecule is CCNC(CSc1n[nH]c(C)n1)C(C)CC. The summed E-state index contributed by atoms with van der Waals surface area (Å²) in [7, 11) is 0. The van der Waals surface area contributed by atoms with Gasteiger partial charge in [-0.25, -0.2) is 4.98 Å². The maximum atomic E-state index is 4.30. The van der Waals surface area contributed by atoms with E-state index < -0.39 is 0 Å². The van der Waals surface area contributed by atoms with Gasteiger partial charge in [0.05, 0.1) is 0 Å². The van der Waals surface area contributed by atoms with E-state index in [4.69, 9.17) is 0 Å². The standard InChI is InChI=1S/C11H22N4S/c1-5-8(3)10(12-6-2)7-16-11-13-9(4)14-15-11/h8,10,12H,5-7H2,1-4H3,(H,13,14,15). The number of H-pyrrole nitrogens is 1. The molecule has 0 radical (unpaired) electrons. The number of thioether (sulfide) groups is 1. The zero-order valence-corrected chi connectivity index (χ0v) is 11.4. The lowest BCUT2D eigenvalue weighted by Crippen LogP contribution is -2.36. The van der Waals surface area contributed by atoms with Crippen molar-refractivity contribution in [1.29, 1.82) is 0 Å². The van der Waals surface area contributed by atoms with Gasteiger partial charge in [0.25, 0.3) is 0 Å². The van der Waals surface area contributed by atoms with E-state index >= 15 is 0 Å². The molecule has 0 saturated heterocycles. The van der Waals surface area contributed by atoms with Crippen LogP contribution < -0.4 is 5.32 Å². The maximum Gasteiger partial charge on any atom is 0.208 e. The predicted octanol–water partition coefficient (Wildman–Crippen LogP) is 2.23. The lowest BCUT2D eigenvalue weighted by atomic mass is 10.0. The second-order valence-electron chi connectivity index (χ2n) is 4.06. The molecule has 0 fully saturated rings. The number of aromatic nitrogens is 3. The molecular formula is C11H22N4S. The van der Waals surface area contributed by atoms with Crippen molar-refractivity contribution in [3.05, 3.63) is 5.82 Å². The highest BCUT2D eigenvalue weighted by atomic mass is 32.2. The number of hydrogen-bond acceptors (Lipinski definition) is 4. The van der Waals surface area contributed by atoms with Crippen molar-refractivity contribution in [2.45, 2.75) is 45.3 Å². The summed E-state index contributed by atoms with van der Waals surface area (Å²) >= 11 is 1.72. The molecule has 0 amide bonds. The minimum Gasteiger partial charge on any atom is -0.313 e. The molecule has 4 nitrogen and oxygen atoms in total. The van der Waals surface area contributed by atoms with E-state index in [1.807, 2.05) is 6.92 Å². The summed E-state index contributed by atoms with van der Waals surface area (Å²) in [6.07, 6.45) is 1.20. The highest BCUT2D eigenvalue weighted by Gasteiger charge is 2.15. The summed E-state index contributed by atoms with van der Waals surface area (Å²) in [5, 5.41) is 11.4. The lowest BCUT2D eigenvalue weighted by Gasteiger charge is -2.22. The fraction of sp³-hybridized carbons (Fsp3) is 0.818. The summed E-state index contributed by atoms with van der Waals surface area (Å²) in [6.45, 7) is 9.61. The molecule has 1 heterocycles. The van der Waals surface area contributed by atoms with Gasteiger partial charge in [0, 0.05) is 11.8 Å². The van der Waals surface area contributed by atoms with Crippen molar-refractivity contribution in [2.24, 2.45) is 5.92 Å². The van der Waals surface area contributed by atoms with Crippen molar-refractivity contribution >= 4 is 11.8 Å². The molecule has 1 aromatic heterocycles. The van der Waals surface area contributed by atoms with E-state index in [2.05, 4.69) is 41.3 Å². The topological polar surface area (TPSA) is 53.6 Å². The van der Waals surface area contributed by atoms with Gasteiger partial charge >= 0.3 is 0 Å². The van der Waals surface area contributed by atoms with E-state index in [0.29, 0.717) is 12.0 Å². The van der Waals surface area contributed by atoms with Crippen LogP contribution >= 0.6 is 11.8 Å². The first-order valence-corrected chi connectivity index (χ1v) is 6.91. The van der Waals surface area contributed by atoms with Gasteiger partial charge in [-0.1, -0.05) is 39.0 Å². The third-order valence-electron chi connectivity index (χ3n) is 2.77. The van der Waals surface area contributed by atoms with E-state index in [1.165, 1.54) is 6.42 Å². The number of nitrogens with one attached hydrogen (secondary N) is 2. The highest BCUT2D eigenvalue weighted by Crippen LogP contribution is 2.18. The molecule has 0 spiro atoms. The van der Waals surface area contributed by atoms with Crippen LogP contribution in [0, 0.1) is 12.8 Å². The fourth-order valence-electron chi connectivity index (χ4n) is 1.52. The number of rotatable bonds is 7. The summed E-state index contributed by atoms with van der Waals surface area (Å²) in [6, 6.07) is 0.541. The molecule has 0 bridgehead atoms. The largest absolute Gasteiger partial charge is 0.313 e. The Bertz CT molecular complexity index is 300. The van der Waals surface area contributed by atoms with Gasteiger partial charge in [0.2, 0.25) is 5.16 Å². The molecule has 0 aliphatic heterocycles. The van der Waals surface area contributed by atoms with Crippen LogP contribution in [0.15, 0.2) is 5.16 Å². The predicted molar refractivity (Wildman–Crippen MR) is 68.8 cm³/mol. The third-order valence-corrected chi connectivity index (χ3v) is 3.73. The van der Waals surface area contributed by atoms with Crippen LogP contribution in [0.4, 0.5) is 0 Å². The quantitative estimate of drug-likeness (QED) is 0.720. The van der Waals surface area contributed by atoms with Crippen molar-refractivity contribution < 1.29 is 0 Å². The molecule has 2 atom stereocenters. The zero-order valence-electron chi connectivity index (χ0n) is 10.6. The Morgan fingerprint density at radius 2 is 2.19 bits per heavy atom. The second kappa shape index (κ2) is 6.91. The van der Waals surface area contributed by atoms with Crippen LogP contribution in [0.5, 0.6) is 0 Å². The average Bonchev–Trinajstić information content (AvgIpc) is 2.69. The molecule has 92 valence electrons. The molecule has 0 aliphatic rings. The first-order valence-electron chi connectivity index (χ1n) is 5.92. The van der Waals surface area contributed by atoms with Gasteiger partial charge < -0.3 is 5.32 Å². The number of nitrogens with zero attached hydrogens (tertiary/aromatic N) is 2. The van der Waals surface area contributed by atoms with E-state index in [-0.39, 0.29) is 0 Å². The van der Waals surface area contributed by atoms with Gasteiger partial charge in [0.1, 0.15) is 5.82 Å². The van der Waals surface area contributed by atoms with Gasteiger partial charge in [-0.15, -0.1) is 5.10 Å². The van der Waals surface area contributed by atoms with Crippen molar-refractivity contribution in [1.82, 2.24) is 20.5 Å². The monoisotopic (exact) mass is 242 g/mol. The molecule has 2 unspecified atom stereocenters. The Hall–Kier alpha value is -0.550. The molecule has 1 aromatic rings. The number of hydrogen-bond donors (Lipinski definition) is 2. The zero-order chi connectivity index (χ0) is 12.0. The van der Waals surface area contributed by atoms with Gasteiger partial charge in [-0.3, -0.25) is 5.10 Å². The van der Waals surface area contributed by atoms with Gasteiger partial charge in [-0.05, 0) is 19.4 Å². The average molecular weight is 242 g/mol. The maximum absolute atomic E-state index is 4.30. The third kappa shape index (κ3) is 4.14. The Kier molecular flexibility index (Phi) is 5.84. The Labute approximate surface area is 102 Å². The Morgan fingerprint density at radius 3 is 2.69 bits per heavy atom. The lowest BCUT2D eigenvalue weighted by molar-refractivity contribution is 0.404. The Morgan fingerprint density at radius 1 is 1.44 bits per heavy atom. The molecule has 2 N–H and O–H groups in total. The summed E-state index contributed by atoms with van der Waals surface area (Å²) in [5.74, 6) is 2.60. The molecular weight excluding hydrogens is 220 g/mol. The van der Waals surface area contributed by atoms with Crippen LogP contribution in [0.2, 0.25) is 0 Å². The fourth-order valence-corrected chi connectivity index (χ4v) is 2.61. The number of aromatic amines is 1. The molecule has 16 heavy (non-hydrogen) atoms. The van der Waals surface area contributed by atoms with Crippen molar-refractivity contribution in [3.63, 3.8) is 0 Å². The van der Waals surface area contributed by atoms with Crippen LogP contribution in [0.1, 0.15) is 33.0 Å². The molecule has 0 aliphatic carbocycles. The summed E-state index contributed by atoms with van der Waals surface area (Å²) < 4.78 is 0. The van der Waals surface area contributed by atoms with E-state index in [1.54, 1.807) is 11.8 Å². The van der Waals surface area contributed by atoms with Crippen molar-refractivity contribution in [2.75, 3.05) is 12.3 Å². The highest BCUT2D eigenvalue weighted by molar-refractivity contribution is 7.99. The van der Waals surface area contributed by atoms with E-state index in [0.717, 1.165) is 23.3 Å². The summed E-state index contributed by atoms with van der Waals surface area (Å²) in [4.78, 5) is 4.30. The minimum atomic E-state index is 0.541. The molecule has 0 saturated carbocycles. The smallest absolute Gasteiger partial charge is 0.208 e. The molecule has 1 rings (SSSR count). The molecule has 5 heteroatoms. The van der Waals surface area contributed by atoms with Crippen LogP contribution in [0.25, 0.3) is 0 Å².